The summed E-state index contributed by atoms with van der Waals surface area (Å²) >= 11 is 0. The van der Waals surface area contributed by atoms with Gasteiger partial charge < -0.3 is 14.0 Å². The number of hydrogen-bond donors (Lipinski definition) is 0. The average molecular weight is 340 g/mol. The number of rotatable bonds is 8. The van der Waals surface area contributed by atoms with Crippen LogP contribution in [-0.2, 0) is 9.47 Å². The second-order valence-electron chi connectivity index (χ2n) is 5.25. The minimum Gasteiger partial charge on any atom is -0.498 e. The lowest BCUT2D eigenvalue weighted by Crippen LogP contribution is -1.93. The van der Waals surface area contributed by atoms with Gasteiger partial charge in [-0.25, -0.2) is 0 Å². The summed E-state index contributed by atoms with van der Waals surface area (Å²) in [5.41, 5.74) is 2.80. The van der Waals surface area contributed by atoms with E-state index in [1.165, 1.54) is 0 Å². The molecule has 0 aliphatic rings. The number of aryl methyl sites for hydroxylation is 1. The molecule has 0 saturated carbocycles. The number of allylic oxidation sites excluding steroid dienone is 4. The zero-order valence-electron chi connectivity index (χ0n) is 15.2. The molecular formula is C20H24N2O3. The van der Waals surface area contributed by atoms with Crippen molar-refractivity contribution in [1.82, 2.24) is 10.1 Å². The van der Waals surface area contributed by atoms with Crippen molar-refractivity contribution in [3.05, 3.63) is 66.0 Å². The van der Waals surface area contributed by atoms with Gasteiger partial charge in [-0.1, -0.05) is 41.6 Å². The lowest BCUT2D eigenvalue weighted by Gasteiger charge is -2.05. The van der Waals surface area contributed by atoms with E-state index in [1.807, 2.05) is 70.2 Å². The highest BCUT2D eigenvalue weighted by molar-refractivity contribution is 5.72. The summed E-state index contributed by atoms with van der Waals surface area (Å²) in [6, 6.07) is 7.94. The largest absolute Gasteiger partial charge is 0.498 e. The first-order valence-electron chi connectivity index (χ1n) is 8.38. The molecule has 0 atom stereocenters. The van der Waals surface area contributed by atoms with Crippen molar-refractivity contribution in [2.75, 3.05) is 13.2 Å². The molecule has 0 saturated heterocycles. The van der Waals surface area contributed by atoms with Crippen LogP contribution in [0.4, 0.5) is 0 Å². The van der Waals surface area contributed by atoms with E-state index < -0.39 is 0 Å². The summed E-state index contributed by atoms with van der Waals surface area (Å²) < 4.78 is 16.4. The van der Waals surface area contributed by atoms with E-state index in [1.54, 1.807) is 6.26 Å². The van der Waals surface area contributed by atoms with Crippen molar-refractivity contribution < 1.29 is 14.0 Å². The van der Waals surface area contributed by atoms with Crippen LogP contribution in [0.2, 0.25) is 0 Å². The summed E-state index contributed by atoms with van der Waals surface area (Å²) in [5, 5.41) is 4.11. The third-order valence-corrected chi connectivity index (χ3v) is 3.38. The van der Waals surface area contributed by atoms with Gasteiger partial charge in [-0.15, -0.1) is 0 Å². The average Bonchev–Trinajstić information content (AvgIpc) is 3.09. The van der Waals surface area contributed by atoms with E-state index in [-0.39, 0.29) is 0 Å². The minimum atomic E-state index is 0.429. The lowest BCUT2D eigenvalue weighted by atomic mass is 10.1. The van der Waals surface area contributed by atoms with Crippen LogP contribution < -0.4 is 0 Å². The Hall–Kier alpha value is -2.82. The Bertz CT molecular complexity index is 773. The summed E-state index contributed by atoms with van der Waals surface area (Å²) in [6.45, 7) is 8.90. The molecule has 0 aliphatic heterocycles. The van der Waals surface area contributed by atoms with Gasteiger partial charge in [0.05, 0.1) is 13.2 Å². The van der Waals surface area contributed by atoms with Crippen molar-refractivity contribution in [2.24, 2.45) is 0 Å². The number of nitrogens with zero attached hydrogens (tertiary/aromatic N) is 2. The predicted octanol–water partition coefficient (Wildman–Crippen LogP) is 4.92. The van der Waals surface area contributed by atoms with Crippen LogP contribution in [0.15, 0.2) is 59.0 Å². The number of hydrogen-bond acceptors (Lipinski definition) is 5. The topological polar surface area (TPSA) is 57.4 Å². The molecule has 2 aromatic rings. The summed E-state index contributed by atoms with van der Waals surface area (Å²) in [7, 11) is 0. The van der Waals surface area contributed by atoms with E-state index in [0.29, 0.717) is 30.7 Å². The fraction of sp³-hybridized carbons (Fsp3) is 0.300. The maximum atomic E-state index is 5.59. The summed E-state index contributed by atoms with van der Waals surface area (Å²) in [4.78, 5) is 4.53. The van der Waals surface area contributed by atoms with Gasteiger partial charge in [-0.3, -0.25) is 0 Å². The maximum Gasteiger partial charge on any atom is 0.258 e. The molecule has 0 fully saturated rings. The molecule has 1 heterocycles. The van der Waals surface area contributed by atoms with Gasteiger partial charge in [-0.05, 0) is 39.3 Å². The normalized spacial score (nSPS) is 12.6. The van der Waals surface area contributed by atoms with Crippen LogP contribution >= 0.6 is 0 Å². The Balaban J connectivity index is 2.38. The number of aromatic nitrogens is 2. The first-order valence-corrected chi connectivity index (χ1v) is 8.38. The quantitative estimate of drug-likeness (QED) is 0.504. The monoisotopic (exact) mass is 340 g/mol. The van der Waals surface area contributed by atoms with Gasteiger partial charge in [0.1, 0.15) is 6.26 Å². The van der Waals surface area contributed by atoms with Gasteiger partial charge in [0, 0.05) is 11.1 Å². The molecule has 0 unspecified atom stereocenters. The van der Waals surface area contributed by atoms with Gasteiger partial charge in [-0.2, -0.15) is 4.98 Å². The molecule has 132 valence electrons. The van der Waals surface area contributed by atoms with Crippen LogP contribution in [-0.4, -0.2) is 23.4 Å². The smallest absolute Gasteiger partial charge is 0.258 e. The second kappa shape index (κ2) is 9.47. The highest BCUT2D eigenvalue weighted by Crippen LogP contribution is 2.24. The first kappa shape index (κ1) is 18.5. The van der Waals surface area contributed by atoms with E-state index in [0.717, 1.165) is 16.7 Å². The molecule has 2 rings (SSSR count). The van der Waals surface area contributed by atoms with E-state index in [2.05, 4.69) is 10.1 Å². The summed E-state index contributed by atoms with van der Waals surface area (Å²) in [5.74, 6) is 1.60. The SMILES string of the molecule is C\C=C/C(=C\C(=C\OCC)OCC)c1nc(-c2ccccc2C)no1. The lowest BCUT2D eigenvalue weighted by molar-refractivity contribution is 0.202. The third kappa shape index (κ3) is 5.08. The highest BCUT2D eigenvalue weighted by atomic mass is 16.5. The second-order valence-corrected chi connectivity index (χ2v) is 5.25. The number of benzene rings is 1. The molecular weight excluding hydrogens is 316 g/mol. The van der Waals surface area contributed by atoms with Gasteiger partial charge in [0.25, 0.3) is 5.89 Å². The first-order chi connectivity index (χ1) is 12.2. The van der Waals surface area contributed by atoms with Crippen LogP contribution in [0, 0.1) is 6.92 Å². The van der Waals surface area contributed by atoms with Crippen LogP contribution in [0.5, 0.6) is 0 Å². The maximum absolute atomic E-state index is 5.59. The molecule has 0 spiro atoms. The standard InChI is InChI=1S/C20H24N2O3/c1-5-10-16(13-17(24-7-3)14-23-6-2)20-21-19(22-25-20)18-12-9-8-11-15(18)4/h5,8-14H,6-7H2,1-4H3/b10-5-,16-13+,17-14-. The Morgan fingerprint density at radius 3 is 2.68 bits per heavy atom. The Labute approximate surface area is 148 Å². The van der Waals surface area contributed by atoms with Crippen molar-refractivity contribution in [3.63, 3.8) is 0 Å². The third-order valence-electron chi connectivity index (χ3n) is 3.38. The van der Waals surface area contributed by atoms with Crippen molar-refractivity contribution in [3.8, 4) is 11.4 Å². The molecule has 0 radical (unpaired) electrons. The molecule has 0 aliphatic carbocycles. The predicted molar refractivity (Wildman–Crippen MR) is 98.6 cm³/mol. The highest BCUT2D eigenvalue weighted by Gasteiger charge is 2.13. The fourth-order valence-electron chi connectivity index (χ4n) is 2.23. The van der Waals surface area contributed by atoms with E-state index in [9.17, 15) is 0 Å². The van der Waals surface area contributed by atoms with Crippen molar-refractivity contribution >= 4 is 5.57 Å². The molecule has 5 heteroatoms. The Kier molecular flexibility index (Phi) is 7.01. The van der Waals surface area contributed by atoms with Crippen molar-refractivity contribution in [2.45, 2.75) is 27.7 Å². The van der Waals surface area contributed by atoms with Gasteiger partial charge >= 0.3 is 0 Å². The molecule has 1 aromatic heterocycles. The molecule has 1 aromatic carbocycles. The molecule has 25 heavy (non-hydrogen) atoms. The molecule has 0 bridgehead atoms. The van der Waals surface area contributed by atoms with E-state index in [4.69, 9.17) is 14.0 Å². The Morgan fingerprint density at radius 2 is 2.00 bits per heavy atom. The fourth-order valence-corrected chi connectivity index (χ4v) is 2.23. The minimum absolute atomic E-state index is 0.429. The van der Waals surface area contributed by atoms with Crippen LogP contribution in [0.3, 0.4) is 0 Å². The zero-order chi connectivity index (χ0) is 18.1. The van der Waals surface area contributed by atoms with Gasteiger partial charge in [0.15, 0.2) is 5.76 Å². The molecule has 5 nitrogen and oxygen atoms in total. The molecule has 0 N–H and O–H groups in total. The molecule has 0 amide bonds. The van der Waals surface area contributed by atoms with Gasteiger partial charge in [0.2, 0.25) is 5.82 Å². The van der Waals surface area contributed by atoms with E-state index >= 15 is 0 Å². The van der Waals surface area contributed by atoms with Crippen LogP contribution in [0.25, 0.3) is 17.0 Å². The zero-order valence-corrected chi connectivity index (χ0v) is 15.2. The Morgan fingerprint density at radius 1 is 1.20 bits per heavy atom. The van der Waals surface area contributed by atoms with Crippen LogP contribution in [0.1, 0.15) is 32.2 Å². The van der Waals surface area contributed by atoms with Crippen molar-refractivity contribution in [1.29, 1.82) is 0 Å². The summed E-state index contributed by atoms with van der Waals surface area (Å²) in [6.07, 6.45) is 7.22. The number of ether oxygens (including phenoxy) is 2.